The van der Waals surface area contributed by atoms with Gasteiger partial charge in [-0.25, -0.2) is 4.98 Å². The fraction of sp³-hybridized carbons (Fsp3) is 0.438. The van der Waals surface area contributed by atoms with E-state index in [2.05, 4.69) is 30.2 Å². The molecular formula is C16H22N2O2S. The molecule has 0 fully saturated rings. The number of benzene rings is 1. The molecule has 0 atom stereocenters. The number of nitrogens with zero attached hydrogens (tertiary/aromatic N) is 1. The second-order valence-electron chi connectivity index (χ2n) is 5.05. The zero-order valence-electron chi connectivity index (χ0n) is 13.0. The summed E-state index contributed by atoms with van der Waals surface area (Å²) in [7, 11) is 3.62. The summed E-state index contributed by atoms with van der Waals surface area (Å²) in [5.74, 6) is 0.895. The van der Waals surface area contributed by atoms with E-state index in [1.165, 1.54) is 16.0 Å². The van der Waals surface area contributed by atoms with E-state index in [1.54, 1.807) is 18.4 Å². The number of nitrogens with one attached hydrogen (secondary N) is 1. The maximum Gasteiger partial charge on any atom is 0.140 e. The first-order valence-corrected chi connectivity index (χ1v) is 7.76. The smallest absolute Gasteiger partial charge is 0.140 e. The topological polar surface area (TPSA) is 43.4 Å². The third-order valence-electron chi connectivity index (χ3n) is 3.00. The van der Waals surface area contributed by atoms with Crippen molar-refractivity contribution in [1.29, 1.82) is 0 Å². The van der Waals surface area contributed by atoms with Gasteiger partial charge in [0.2, 0.25) is 0 Å². The molecule has 0 unspecified atom stereocenters. The number of aryl methyl sites for hydroxylation is 2. The molecule has 0 aliphatic rings. The molecule has 0 spiro atoms. The molecule has 4 nitrogen and oxygen atoms in total. The summed E-state index contributed by atoms with van der Waals surface area (Å²) in [6, 6.07) is 6.23. The number of methoxy groups -OCH3 is 1. The van der Waals surface area contributed by atoms with Gasteiger partial charge >= 0.3 is 0 Å². The Balaban J connectivity index is 2.06. The van der Waals surface area contributed by atoms with Gasteiger partial charge in [0.05, 0.1) is 12.3 Å². The van der Waals surface area contributed by atoms with Gasteiger partial charge < -0.3 is 14.8 Å². The lowest BCUT2D eigenvalue weighted by Crippen LogP contribution is -2.06. The van der Waals surface area contributed by atoms with E-state index in [1.807, 2.05) is 19.2 Å². The Morgan fingerprint density at radius 2 is 1.86 bits per heavy atom. The highest BCUT2D eigenvalue weighted by Gasteiger charge is 2.11. The van der Waals surface area contributed by atoms with Crippen molar-refractivity contribution in [3.05, 3.63) is 44.9 Å². The van der Waals surface area contributed by atoms with Gasteiger partial charge in [-0.1, -0.05) is 6.07 Å². The van der Waals surface area contributed by atoms with Crippen molar-refractivity contribution in [2.24, 2.45) is 0 Å². The lowest BCUT2D eigenvalue weighted by atomic mass is 10.1. The molecule has 114 valence electrons. The molecule has 0 saturated heterocycles. The number of aromatic nitrogens is 1. The number of hydrogen-bond acceptors (Lipinski definition) is 5. The van der Waals surface area contributed by atoms with Crippen LogP contribution in [0, 0.1) is 13.8 Å². The van der Waals surface area contributed by atoms with Crippen molar-refractivity contribution in [3.63, 3.8) is 0 Å². The summed E-state index contributed by atoms with van der Waals surface area (Å²) < 4.78 is 11.1. The van der Waals surface area contributed by atoms with E-state index in [0.29, 0.717) is 13.2 Å². The molecule has 1 heterocycles. The predicted octanol–water partition coefficient (Wildman–Crippen LogP) is 3.20. The van der Waals surface area contributed by atoms with E-state index in [-0.39, 0.29) is 0 Å². The largest absolute Gasteiger partial charge is 0.486 e. The van der Waals surface area contributed by atoms with Crippen LogP contribution in [-0.4, -0.2) is 19.1 Å². The van der Waals surface area contributed by atoms with Crippen LogP contribution in [0.4, 0.5) is 0 Å². The molecule has 2 aromatic rings. The molecular weight excluding hydrogens is 284 g/mol. The van der Waals surface area contributed by atoms with E-state index in [9.17, 15) is 0 Å². The van der Waals surface area contributed by atoms with Gasteiger partial charge in [0.25, 0.3) is 0 Å². The van der Waals surface area contributed by atoms with Crippen LogP contribution < -0.4 is 10.1 Å². The second-order valence-corrected chi connectivity index (χ2v) is 6.22. The number of hydrogen-bond donors (Lipinski definition) is 1. The highest BCUT2D eigenvalue weighted by atomic mass is 32.1. The Morgan fingerprint density at radius 1 is 1.14 bits per heavy atom. The normalized spacial score (nSPS) is 10.9. The SMILES string of the molecule is CNCc1sc(COc2cc(C)cc(C)c2)nc1COC. The molecule has 1 aromatic heterocycles. The molecule has 5 heteroatoms. The van der Waals surface area contributed by atoms with E-state index in [4.69, 9.17) is 9.47 Å². The maximum absolute atomic E-state index is 5.87. The minimum atomic E-state index is 0.494. The van der Waals surface area contributed by atoms with Crippen LogP contribution in [0.15, 0.2) is 18.2 Å². The fourth-order valence-corrected chi connectivity index (χ4v) is 3.21. The number of ether oxygens (including phenoxy) is 2. The Bertz CT molecular complexity index is 552. The first-order valence-electron chi connectivity index (χ1n) is 6.94. The standard InChI is InChI=1S/C16H22N2O2S/c1-11-5-12(2)7-13(6-11)20-10-16-18-14(9-19-4)15(21-16)8-17-3/h5-7,17H,8-10H2,1-4H3. The van der Waals surface area contributed by atoms with Gasteiger partial charge in [0.1, 0.15) is 17.4 Å². The Kier molecular flexibility index (Phi) is 5.73. The summed E-state index contributed by atoms with van der Waals surface area (Å²) in [5, 5.41) is 4.14. The molecule has 0 bridgehead atoms. The zero-order valence-corrected chi connectivity index (χ0v) is 13.8. The van der Waals surface area contributed by atoms with Gasteiger partial charge in [-0.3, -0.25) is 0 Å². The van der Waals surface area contributed by atoms with Crippen LogP contribution in [0.5, 0.6) is 5.75 Å². The van der Waals surface area contributed by atoms with Gasteiger partial charge in [0.15, 0.2) is 0 Å². The van der Waals surface area contributed by atoms with Crippen molar-refractivity contribution >= 4 is 11.3 Å². The third kappa shape index (κ3) is 4.52. The molecule has 0 saturated carbocycles. The predicted molar refractivity (Wildman–Crippen MR) is 85.8 cm³/mol. The van der Waals surface area contributed by atoms with Crippen molar-refractivity contribution in [2.45, 2.75) is 33.6 Å². The zero-order chi connectivity index (χ0) is 15.2. The Labute approximate surface area is 130 Å². The average Bonchev–Trinajstić information content (AvgIpc) is 2.79. The van der Waals surface area contributed by atoms with Gasteiger partial charge in [0, 0.05) is 18.5 Å². The maximum atomic E-state index is 5.87. The molecule has 0 aliphatic carbocycles. The molecule has 21 heavy (non-hydrogen) atoms. The number of rotatable bonds is 7. The van der Waals surface area contributed by atoms with Gasteiger partial charge in [-0.2, -0.15) is 0 Å². The lowest BCUT2D eigenvalue weighted by Gasteiger charge is -2.06. The van der Waals surface area contributed by atoms with Gasteiger partial charge in [-0.15, -0.1) is 11.3 Å². The minimum absolute atomic E-state index is 0.494. The highest BCUT2D eigenvalue weighted by molar-refractivity contribution is 7.11. The van der Waals surface area contributed by atoms with Crippen molar-refractivity contribution in [3.8, 4) is 5.75 Å². The van der Waals surface area contributed by atoms with E-state index >= 15 is 0 Å². The van der Waals surface area contributed by atoms with Crippen LogP contribution in [0.3, 0.4) is 0 Å². The summed E-state index contributed by atoms with van der Waals surface area (Å²) in [6.07, 6.45) is 0. The molecule has 0 aliphatic heterocycles. The Morgan fingerprint density at radius 3 is 2.48 bits per heavy atom. The highest BCUT2D eigenvalue weighted by Crippen LogP contribution is 2.22. The Hall–Kier alpha value is -1.43. The molecule has 0 amide bonds. The summed E-state index contributed by atoms with van der Waals surface area (Å²) >= 11 is 1.67. The quantitative estimate of drug-likeness (QED) is 0.853. The van der Waals surface area contributed by atoms with Crippen molar-refractivity contribution in [1.82, 2.24) is 10.3 Å². The first-order chi connectivity index (χ1) is 10.1. The van der Waals surface area contributed by atoms with Crippen LogP contribution >= 0.6 is 11.3 Å². The van der Waals surface area contributed by atoms with Gasteiger partial charge in [-0.05, 0) is 44.2 Å². The van der Waals surface area contributed by atoms with Crippen LogP contribution in [0.2, 0.25) is 0 Å². The van der Waals surface area contributed by atoms with Crippen LogP contribution in [0.25, 0.3) is 0 Å². The molecule has 1 N–H and O–H groups in total. The van der Waals surface area contributed by atoms with E-state index < -0.39 is 0 Å². The molecule has 2 rings (SSSR count). The minimum Gasteiger partial charge on any atom is -0.486 e. The average molecular weight is 306 g/mol. The van der Waals surface area contributed by atoms with Crippen molar-refractivity contribution < 1.29 is 9.47 Å². The lowest BCUT2D eigenvalue weighted by molar-refractivity contribution is 0.180. The second kappa shape index (κ2) is 7.54. The summed E-state index contributed by atoms with van der Waals surface area (Å²) in [4.78, 5) is 5.81. The summed E-state index contributed by atoms with van der Waals surface area (Å²) in [6.45, 7) is 5.99. The number of thiazole rings is 1. The third-order valence-corrected chi connectivity index (χ3v) is 4.07. The summed E-state index contributed by atoms with van der Waals surface area (Å²) in [5.41, 5.74) is 3.41. The molecule has 0 radical (unpaired) electrons. The molecule has 1 aromatic carbocycles. The van der Waals surface area contributed by atoms with Crippen LogP contribution in [-0.2, 0) is 24.5 Å². The fourth-order valence-electron chi connectivity index (χ4n) is 2.21. The first kappa shape index (κ1) is 15.9. The van der Waals surface area contributed by atoms with Crippen molar-refractivity contribution in [2.75, 3.05) is 14.2 Å². The van der Waals surface area contributed by atoms with Crippen LogP contribution in [0.1, 0.15) is 26.7 Å². The van der Waals surface area contributed by atoms with E-state index in [0.717, 1.165) is 23.0 Å². The monoisotopic (exact) mass is 306 g/mol.